The predicted octanol–water partition coefficient (Wildman–Crippen LogP) is 5.31. The Labute approximate surface area is 205 Å². The molecule has 0 fully saturated rings. The number of fused-ring (bicyclic) bond motifs is 1. The van der Waals surface area contributed by atoms with E-state index >= 15 is 0 Å². The number of carbonyl (C=O) groups excluding carboxylic acids is 2. The van der Waals surface area contributed by atoms with Crippen molar-refractivity contribution in [2.24, 2.45) is 0 Å². The molecule has 0 spiro atoms. The van der Waals surface area contributed by atoms with Crippen LogP contribution in [0, 0.1) is 23.3 Å². The topological polar surface area (TPSA) is 61.9 Å². The molecule has 36 heavy (non-hydrogen) atoms. The number of rotatable bonds is 6. The standard InChI is InChI=1S/C26H23F4N3O3/c1-14-19-6-4-15(25(34)31-12-20-22(29)10-17(27)11-23(20)30)9-24(19)33(26(35)32(14)2)13-16-8-18(36-3)5-7-21(16)28/h4-11,14H,12-13H2,1-3H3,(H,31,34). The molecule has 3 amide bonds. The van der Waals surface area contributed by atoms with E-state index in [1.54, 1.807) is 13.1 Å². The highest BCUT2D eigenvalue weighted by Gasteiger charge is 2.34. The van der Waals surface area contributed by atoms with Crippen LogP contribution in [-0.4, -0.2) is 31.0 Å². The van der Waals surface area contributed by atoms with E-state index in [1.165, 1.54) is 47.2 Å². The minimum atomic E-state index is -1.12. The molecule has 0 aromatic heterocycles. The van der Waals surface area contributed by atoms with Crippen LogP contribution >= 0.6 is 0 Å². The van der Waals surface area contributed by atoms with Gasteiger partial charge in [-0.05, 0) is 42.8 Å². The number of nitrogens with zero attached hydrogens (tertiary/aromatic N) is 2. The lowest BCUT2D eigenvalue weighted by Gasteiger charge is -2.39. The highest BCUT2D eigenvalue weighted by Crippen LogP contribution is 2.37. The highest BCUT2D eigenvalue weighted by atomic mass is 19.1. The van der Waals surface area contributed by atoms with E-state index in [9.17, 15) is 27.2 Å². The third kappa shape index (κ3) is 4.71. The number of amides is 3. The second-order valence-corrected chi connectivity index (χ2v) is 8.42. The lowest BCUT2D eigenvalue weighted by molar-refractivity contribution is 0.0950. The Morgan fingerprint density at radius 1 is 1.00 bits per heavy atom. The van der Waals surface area contributed by atoms with Gasteiger partial charge in [-0.15, -0.1) is 0 Å². The van der Waals surface area contributed by atoms with E-state index in [4.69, 9.17) is 4.74 Å². The monoisotopic (exact) mass is 501 g/mol. The van der Waals surface area contributed by atoms with Gasteiger partial charge in [-0.25, -0.2) is 22.4 Å². The fraction of sp³-hybridized carbons (Fsp3) is 0.231. The zero-order valence-corrected chi connectivity index (χ0v) is 19.7. The maximum Gasteiger partial charge on any atom is 0.325 e. The SMILES string of the molecule is COc1ccc(F)c(CN2C(=O)N(C)C(C)c3ccc(C(=O)NCc4c(F)cc(F)cc4F)cc32)c1. The molecule has 0 saturated carbocycles. The van der Waals surface area contributed by atoms with Crippen molar-refractivity contribution in [2.45, 2.75) is 26.1 Å². The molecule has 1 aliphatic heterocycles. The molecule has 1 atom stereocenters. The van der Waals surface area contributed by atoms with Crippen LogP contribution in [0.5, 0.6) is 5.75 Å². The molecule has 0 bridgehead atoms. The van der Waals surface area contributed by atoms with Gasteiger partial charge in [-0.1, -0.05) is 6.07 Å². The summed E-state index contributed by atoms with van der Waals surface area (Å²) < 4.78 is 60.7. The Balaban J connectivity index is 1.64. The summed E-state index contributed by atoms with van der Waals surface area (Å²) in [6.45, 7) is 1.19. The molecular formula is C26H23F4N3O3. The smallest absolute Gasteiger partial charge is 0.325 e. The van der Waals surface area contributed by atoms with Gasteiger partial charge in [0, 0.05) is 42.4 Å². The molecule has 1 N–H and O–H groups in total. The summed E-state index contributed by atoms with van der Waals surface area (Å²) in [6, 6.07) is 9.21. The molecule has 1 heterocycles. The number of halogens is 4. The normalized spacial score (nSPS) is 15.1. The quantitative estimate of drug-likeness (QED) is 0.466. The average Bonchev–Trinajstić information content (AvgIpc) is 2.85. The first kappa shape index (κ1) is 25.0. The summed E-state index contributed by atoms with van der Waals surface area (Å²) in [6.07, 6.45) is 0. The van der Waals surface area contributed by atoms with Crippen molar-refractivity contribution < 1.29 is 31.9 Å². The summed E-state index contributed by atoms with van der Waals surface area (Å²) in [4.78, 5) is 28.8. The van der Waals surface area contributed by atoms with Gasteiger partial charge < -0.3 is 15.0 Å². The van der Waals surface area contributed by atoms with Crippen LogP contribution in [0.2, 0.25) is 0 Å². The van der Waals surface area contributed by atoms with E-state index in [-0.39, 0.29) is 23.7 Å². The van der Waals surface area contributed by atoms with Gasteiger partial charge in [0.05, 0.1) is 25.4 Å². The Morgan fingerprint density at radius 3 is 2.36 bits per heavy atom. The van der Waals surface area contributed by atoms with Crippen LogP contribution in [0.4, 0.5) is 28.0 Å². The van der Waals surface area contributed by atoms with Gasteiger partial charge in [0.2, 0.25) is 0 Å². The number of urea groups is 1. The van der Waals surface area contributed by atoms with Crippen molar-refractivity contribution in [3.63, 3.8) is 0 Å². The summed E-state index contributed by atoms with van der Waals surface area (Å²) >= 11 is 0. The van der Waals surface area contributed by atoms with E-state index in [1.807, 2.05) is 6.92 Å². The summed E-state index contributed by atoms with van der Waals surface area (Å²) in [5, 5.41) is 2.41. The number of ether oxygens (including phenoxy) is 1. The van der Waals surface area contributed by atoms with Crippen LogP contribution in [0.15, 0.2) is 48.5 Å². The molecule has 1 aliphatic rings. The van der Waals surface area contributed by atoms with E-state index in [0.717, 1.165) is 5.56 Å². The molecular weight excluding hydrogens is 478 g/mol. The number of nitrogens with one attached hydrogen (secondary N) is 1. The van der Waals surface area contributed by atoms with Crippen molar-refractivity contribution in [3.8, 4) is 5.75 Å². The van der Waals surface area contributed by atoms with E-state index in [0.29, 0.717) is 23.6 Å². The Hall–Kier alpha value is -4.08. The lowest BCUT2D eigenvalue weighted by atomic mass is 9.98. The molecule has 3 aromatic carbocycles. The second-order valence-electron chi connectivity index (χ2n) is 8.42. The van der Waals surface area contributed by atoms with Crippen LogP contribution in [0.1, 0.15) is 40.0 Å². The van der Waals surface area contributed by atoms with Gasteiger partial charge in [0.25, 0.3) is 5.91 Å². The van der Waals surface area contributed by atoms with Gasteiger partial charge >= 0.3 is 6.03 Å². The Bertz CT molecular complexity index is 1320. The van der Waals surface area contributed by atoms with E-state index < -0.39 is 47.3 Å². The van der Waals surface area contributed by atoms with Crippen LogP contribution in [-0.2, 0) is 13.1 Å². The van der Waals surface area contributed by atoms with Gasteiger partial charge in [-0.2, -0.15) is 0 Å². The van der Waals surface area contributed by atoms with Crippen molar-refractivity contribution in [1.82, 2.24) is 10.2 Å². The molecule has 0 radical (unpaired) electrons. The maximum atomic E-state index is 14.5. The zero-order valence-electron chi connectivity index (χ0n) is 19.7. The average molecular weight is 501 g/mol. The number of methoxy groups -OCH3 is 1. The van der Waals surface area contributed by atoms with Crippen molar-refractivity contribution in [3.05, 3.63) is 94.1 Å². The Morgan fingerprint density at radius 2 is 1.69 bits per heavy atom. The predicted molar refractivity (Wildman–Crippen MR) is 125 cm³/mol. The van der Waals surface area contributed by atoms with Gasteiger partial charge in [-0.3, -0.25) is 9.69 Å². The minimum absolute atomic E-state index is 0.122. The van der Waals surface area contributed by atoms with Crippen molar-refractivity contribution in [2.75, 3.05) is 19.1 Å². The number of hydrogen-bond acceptors (Lipinski definition) is 3. The van der Waals surface area contributed by atoms with Crippen LogP contribution in [0.3, 0.4) is 0 Å². The lowest BCUT2D eigenvalue weighted by Crippen LogP contribution is -2.46. The molecule has 1 unspecified atom stereocenters. The molecule has 3 aromatic rings. The summed E-state index contributed by atoms with van der Waals surface area (Å²) in [5.41, 5.74) is 0.988. The van der Waals surface area contributed by atoms with E-state index in [2.05, 4.69) is 5.32 Å². The van der Waals surface area contributed by atoms with Crippen LogP contribution in [0.25, 0.3) is 0 Å². The molecule has 6 nitrogen and oxygen atoms in total. The number of anilines is 1. The number of benzene rings is 3. The summed E-state index contributed by atoms with van der Waals surface area (Å²) in [7, 11) is 3.07. The highest BCUT2D eigenvalue weighted by molar-refractivity contribution is 5.99. The number of carbonyl (C=O) groups is 2. The fourth-order valence-corrected chi connectivity index (χ4v) is 4.07. The maximum absolute atomic E-state index is 14.5. The minimum Gasteiger partial charge on any atom is -0.497 e. The third-order valence-corrected chi connectivity index (χ3v) is 6.26. The summed E-state index contributed by atoms with van der Waals surface area (Å²) in [5.74, 6) is -4.06. The molecule has 0 aliphatic carbocycles. The first-order valence-electron chi connectivity index (χ1n) is 11.0. The molecule has 0 saturated heterocycles. The molecule has 4 rings (SSSR count). The first-order valence-corrected chi connectivity index (χ1v) is 11.0. The second kappa shape index (κ2) is 9.88. The number of hydrogen-bond donors (Lipinski definition) is 1. The van der Waals surface area contributed by atoms with Crippen molar-refractivity contribution >= 4 is 17.6 Å². The largest absolute Gasteiger partial charge is 0.497 e. The third-order valence-electron chi connectivity index (χ3n) is 6.26. The molecule has 10 heteroatoms. The van der Waals surface area contributed by atoms with Gasteiger partial charge in [0.15, 0.2) is 0 Å². The van der Waals surface area contributed by atoms with Crippen LogP contribution < -0.4 is 15.0 Å². The Kier molecular flexibility index (Phi) is 6.87. The zero-order chi connectivity index (χ0) is 26.1. The van der Waals surface area contributed by atoms with Crippen molar-refractivity contribution in [1.29, 1.82) is 0 Å². The first-order chi connectivity index (χ1) is 17.1. The molecule has 188 valence electrons. The fourth-order valence-electron chi connectivity index (χ4n) is 4.07. The van der Waals surface area contributed by atoms with Gasteiger partial charge in [0.1, 0.15) is 29.0 Å².